The third-order valence-corrected chi connectivity index (χ3v) is 7.66. The predicted molar refractivity (Wildman–Crippen MR) is 197 cm³/mol. The first-order chi connectivity index (χ1) is 27.6. The van der Waals surface area contributed by atoms with E-state index in [-0.39, 0.29) is 111 Å². The third kappa shape index (κ3) is 31.9. The van der Waals surface area contributed by atoms with Gasteiger partial charge in [-0.1, -0.05) is 12.8 Å². The van der Waals surface area contributed by atoms with Crippen molar-refractivity contribution in [3.8, 4) is 0 Å². The van der Waals surface area contributed by atoms with E-state index in [0.29, 0.717) is 32.0 Å². The maximum absolute atomic E-state index is 12.1. The smallest absolute Gasteiger partial charge is 0.326 e. The number of hydrogen-bond donors (Lipinski definition) is 9. The highest BCUT2D eigenvalue weighted by Gasteiger charge is 2.23. The van der Waals surface area contributed by atoms with Crippen LogP contribution in [0, 0.1) is 0 Å². The number of amides is 5. The molecule has 0 saturated carbocycles. The van der Waals surface area contributed by atoms with E-state index in [1.165, 1.54) is 0 Å². The molecule has 0 bridgehead atoms. The Bertz CT molecular complexity index is 1320. The molecule has 0 aromatic carbocycles. The van der Waals surface area contributed by atoms with E-state index in [4.69, 9.17) is 29.2 Å². The number of aliphatic carboxylic acids is 4. The zero-order valence-electron chi connectivity index (χ0n) is 32.4. The van der Waals surface area contributed by atoms with Gasteiger partial charge in [-0.15, -0.1) is 0 Å². The predicted octanol–water partition coefficient (Wildman–Crippen LogP) is -2.04. The van der Waals surface area contributed by atoms with Gasteiger partial charge in [-0.25, -0.2) is 9.59 Å². The standard InChI is InChI=1S/C35H57N5O18/c41-21-24(7-12-33(49)50)38-29(44)11-9-26(35(53)54)40-31(46)23-58-20-18-56-16-14-37-30(45)22-57-19-17-55-15-13-36-27(42)10-8-25(34(51)52)39-28(43)5-3-1-2-4-6-32(47)48/h21,24-26H,1-20,22-23H2,(H,36,42)(H,37,45)(H,38,44)(H,39,43)(H,40,46)(H,47,48)(H,49,50)(H,51,52)(H,53,54)/t24-,25-,26-/m0/s1. The second kappa shape index (κ2) is 33.8. The number of carboxylic acid groups (broad SMARTS) is 4. The summed E-state index contributed by atoms with van der Waals surface area (Å²) < 4.78 is 20.9. The summed E-state index contributed by atoms with van der Waals surface area (Å²) in [7, 11) is 0. The van der Waals surface area contributed by atoms with Crippen LogP contribution in [0.5, 0.6) is 0 Å². The van der Waals surface area contributed by atoms with Crippen LogP contribution in [-0.2, 0) is 66.9 Å². The van der Waals surface area contributed by atoms with Crippen molar-refractivity contribution >= 4 is 59.7 Å². The van der Waals surface area contributed by atoms with Crippen molar-refractivity contribution in [1.29, 1.82) is 0 Å². The van der Waals surface area contributed by atoms with Gasteiger partial charge >= 0.3 is 23.9 Å². The number of hydrogen-bond acceptors (Lipinski definition) is 14. The Morgan fingerprint density at radius 3 is 1.41 bits per heavy atom. The summed E-state index contributed by atoms with van der Waals surface area (Å²) >= 11 is 0. The minimum Gasteiger partial charge on any atom is -0.481 e. The minimum atomic E-state index is -1.41. The highest BCUT2D eigenvalue weighted by Crippen LogP contribution is 2.07. The molecule has 0 aromatic rings. The van der Waals surface area contributed by atoms with Crippen molar-refractivity contribution in [1.82, 2.24) is 26.6 Å². The Balaban J connectivity index is 3.89. The number of rotatable bonds is 38. The Morgan fingerprint density at radius 2 is 0.897 bits per heavy atom. The van der Waals surface area contributed by atoms with Crippen molar-refractivity contribution in [3.63, 3.8) is 0 Å². The molecule has 0 spiro atoms. The third-order valence-electron chi connectivity index (χ3n) is 7.66. The molecule has 23 nitrogen and oxygen atoms in total. The van der Waals surface area contributed by atoms with Gasteiger partial charge in [-0.2, -0.15) is 0 Å². The molecule has 0 aromatic heterocycles. The fourth-order valence-corrected chi connectivity index (χ4v) is 4.65. The summed E-state index contributed by atoms with van der Waals surface area (Å²) in [5.74, 6) is -7.44. The monoisotopic (exact) mass is 835 g/mol. The summed E-state index contributed by atoms with van der Waals surface area (Å²) in [4.78, 5) is 115. The number of nitrogens with one attached hydrogen (secondary N) is 5. The summed E-state index contributed by atoms with van der Waals surface area (Å²) in [6, 6.07) is -3.68. The molecular formula is C35H57N5O18. The molecule has 5 amide bonds. The minimum absolute atomic E-state index is 0.0235. The first-order valence-electron chi connectivity index (χ1n) is 18.7. The molecule has 330 valence electrons. The molecule has 0 heterocycles. The molecule has 58 heavy (non-hydrogen) atoms. The molecule has 0 aliphatic carbocycles. The van der Waals surface area contributed by atoms with Gasteiger partial charge in [-0.05, 0) is 32.1 Å². The SMILES string of the molecule is O=C[C@H](CCC(=O)O)NC(=O)CC[C@H](NC(=O)COCCOCCNC(=O)COCCOCCNC(=O)CC[C@H](NC(=O)CCCCCCC(=O)O)C(=O)O)C(=O)O. The number of unbranched alkanes of at least 4 members (excludes halogenated alkanes) is 3. The van der Waals surface area contributed by atoms with E-state index in [0.717, 1.165) is 0 Å². The molecule has 0 aliphatic heterocycles. The Hall–Kier alpha value is -5.26. The van der Waals surface area contributed by atoms with E-state index in [9.17, 15) is 58.2 Å². The Kier molecular flexibility index (Phi) is 30.8. The van der Waals surface area contributed by atoms with Crippen LogP contribution in [0.1, 0.15) is 77.0 Å². The molecule has 0 radical (unpaired) electrons. The topological polar surface area (TPSA) is 349 Å². The van der Waals surface area contributed by atoms with Gasteiger partial charge in [-0.3, -0.25) is 33.6 Å². The lowest BCUT2D eigenvalue weighted by atomic mass is 10.1. The van der Waals surface area contributed by atoms with Gasteiger partial charge in [0.05, 0.1) is 45.7 Å². The zero-order chi connectivity index (χ0) is 43.6. The van der Waals surface area contributed by atoms with Crippen molar-refractivity contribution in [3.05, 3.63) is 0 Å². The average Bonchev–Trinajstić information content (AvgIpc) is 3.16. The van der Waals surface area contributed by atoms with E-state index in [1.807, 2.05) is 0 Å². The van der Waals surface area contributed by atoms with Crippen LogP contribution in [-0.4, -0.2) is 164 Å². The fraction of sp³-hybridized carbons (Fsp3) is 0.714. The zero-order valence-corrected chi connectivity index (χ0v) is 32.4. The normalized spacial score (nSPS) is 12.3. The Morgan fingerprint density at radius 1 is 0.448 bits per heavy atom. The number of carboxylic acids is 4. The number of ether oxygens (including phenoxy) is 4. The maximum Gasteiger partial charge on any atom is 0.326 e. The first-order valence-corrected chi connectivity index (χ1v) is 18.7. The van der Waals surface area contributed by atoms with Crippen LogP contribution in [0.15, 0.2) is 0 Å². The number of aldehydes is 1. The van der Waals surface area contributed by atoms with E-state index in [1.54, 1.807) is 0 Å². The highest BCUT2D eigenvalue weighted by atomic mass is 16.5. The first kappa shape index (κ1) is 52.7. The summed E-state index contributed by atoms with van der Waals surface area (Å²) in [6.45, 7) is 0.0500. The van der Waals surface area contributed by atoms with Gasteiger partial charge in [0.1, 0.15) is 31.6 Å². The fourth-order valence-electron chi connectivity index (χ4n) is 4.65. The van der Waals surface area contributed by atoms with Crippen LogP contribution >= 0.6 is 0 Å². The Labute approximate surface area is 334 Å². The van der Waals surface area contributed by atoms with Crippen molar-refractivity contribution in [2.45, 2.75) is 95.2 Å². The van der Waals surface area contributed by atoms with Gasteiger partial charge < -0.3 is 70.8 Å². The lowest BCUT2D eigenvalue weighted by Gasteiger charge is -2.16. The van der Waals surface area contributed by atoms with Crippen LogP contribution in [0.25, 0.3) is 0 Å². The number of carbonyl (C=O) groups is 10. The van der Waals surface area contributed by atoms with Crippen LogP contribution in [0.2, 0.25) is 0 Å². The second-order valence-corrected chi connectivity index (χ2v) is 12.6. The lowest BCUT2D eigenvalue weighted by molar-refractivity contribution is -0.143. The number of carbonyl (C=O) groups excluding carboxylic acids is 6. The van der Waals surface area contributed by atoms with Crippen molar-refractivity contribution < 1.29 is 87.3 Å². The van der Waals surface area contributed by atoms with Gasteiger partial charge in [0, 0.05) is 45.2 Å². The van der Waals surface area contributed by atoms with E-state index in [2.05, 4.69) is 26.6 Å². The quantitative estimate of drug-likeness (QED) is 0.0239. The molecular weight excluding hydrogens is 778 g/mol. The molecule has 0 unspecified atom stereocenters. The molecule has 0 aliphatic rings. The second-order valence-electron chi connectivity index (χ2n) is 12.6. The molecule has 23 heteroatoms. The van der Waals surface area contributed by atoms with Gasteiger partial charge in [0.2, 0.25) is 29.5 Å². The van der Waals surface area contributed by atoms with Crippen LogP contribution in [0.3, 0.4) is 0 Å². The molecule has 0 rings (SSSR count). The van der Waals surface area contributed by atoms with Crippen LogP contribution in [0.4, 0.5) is 0 Å². The van der Waals surface area contributed by atoms with Gasteiger partial charge in [0.15, 0.2) is 0 Å². The summed E-state index contributed by atoms with van der Waals surface area (Å²) in [6.07, 6.45) is 1.47. The van der Waals surface area contributed by atoms with Crippen LogP contribution < -0.4 is 26.6 Å². The highest BCUT2D eigenvalue weighted by molar-refractivity contribution is 5.86. The van der Waals surface area contributed by atoms with E-state index >= 15 is 0 Å². The van der Waals surface area contributed by atoms with Crippen molar-refractivity contribution in [2.75, 3.05) is 65.9 Å². The molecule has 9 N–H and O–H groups in total. The molecule has 0 saturated heterocycles. The van der Waals surface area contributed by atoms with Gasteiger partial charge in [0.25, 0.3) is 0 Å². The summed E-state index contributed by atoms with van der Waals surface area (Å²) in [5.41, 5.74) is 0. The maximum atomic E-state index is 12.1. The van der Waals surface area contributed by atoms with E-state index < -0.39 is 78.1 Å². The van der Waals surface area contributed by atoms with Crippen molar-refractivity contribution in [2.24, 2.45) is 0 Å². The lowest BCUT2D eigenvalue weighted by Crippen LogP contribution is -2.44. The average molecular weight is 836 g/mol. The molecule has 0 fully saturated rings. The molecule has 3 atom stereocenters. The summed E-state index contributed by atoms with van der Waals surface area (Å²) in [5, 5.41) is 48.0. The largest absolute Gasteiger partial charge is 0.481 e.